The van der Waals surface area contributed by atoms with E-state index < -0.39 is 0 Å². The minimum atomic E-state index is 0.836. The topological polar surface area (TPSA) is 29.3 Å². The van der Waals surface area contributed by atoms with E-state index in [-0.39, 0.29) is 0 Å². The monoisotopic (exact) mass is 170 g/mol. The molecule has 0 spiro atoms. The summed E-state index contributed by atoms with van der Waals surface area (Å²) in [6.45, 7) is 5.82. The molecule has 72 valence electrons. The first-order valence-corrected chi connectivity index (χ1v) is 5.28. The number of hydrogen-bond acceptors (Lipinski definition) is 2. The van der Waals surface area contributed by atoms with Crippen LogP contribution in [0.5, 0.6) is 0 Å². The van der Waals surface area contributed by atoms with Crippen LogP contribution in [0.4, 0.5) is 0 Å². The Balaban J connectivity index is 1.98. The fraction of sp³-hybridized carbons (Fsp3) is 1.00. The fourth-order valence-electron chi connectivity index (χ4n) is 1.96. The van der Waals surface area contributed by atoms with Crippen molar-refractivity contribution in [2.75, 3.05) is 19.6 Å². The molecule has 1 unspecified atom stereocenters. The van der Waals surface area contributed by atoms with Gasteiger partial charge < -0.3 is 10.6 Å². The van der Waals surface area contributed by atoms with Gasteiger partial charge in [0.1, 0.15) is 0 Å². The summed E-state index contributed by atoms with van der Waals surface area (Å²) in [5, 5.41) is 0. The second-order valence-electron chi connectivity index (χ2n) is 3.88. The van der Waals surface area contributed by atoms with E-state index in [2.05, 4.69) is 11.8 Å². The van der Waals surface area contributed by atoms with Gasteiger partial charge in [-0.3, -0.25) is 0 Å². The van der Waals surface area contributed by atoms with Gasteiger partial charge in [0.05, 0.1) is 0 Å². The zero-order valence-corrected chi connectivity index (χ0v) is 8.26. The van der Waals surface area contributed by atoms with Gasteiger partial charge in [0.15, 0.2) is 0 Å². The van der Waals surface area contributed by atoms with Crippen LogP contribution in [0.2, 0.25) is 0 Å². The Morgan fingerprint density at radius 1 is 1.33 bits per heavy atom. The van der Waals surface area contributed by atoms with Gasteiger partial charge in [0.25, 0.3) is 0 Å². The van der Waals surface area contributed by atoms with Crippen molar-refractivity contribution in [3.63, 3.8) is 0 Å². The molecular formula is C10H22N2. The average molecular weight is 170 g/mol. The van der Waals surface area contributed by atoms with Crippen LogP contribution in [-0.2, 0) is 0 Å². The number of hydrogen-bond donors (Lipinski definition) is 1. The zero-order chi connectivity index (χ0) is 8.81. The van der Waals surface area contributed by atoms with Crippen LogP contribution in [0.1, 0.15) is 39.0 Å². The van der Waals surface area contributed by atoms with Gasteiger partial charge >= 0.3 is 0 Å². The van der Waals surface area contributed by atoms with Crippen molar-refractivity contribution < 1.29 is 0 Å². The van der Waals surface area contributed by atoms with Crippen LogP contribution in [0, 0.1) is 0 Å². The molecule has 2 N–H and O–H groups in total. The highest BCUT2D eigenvalue weighted by Gasteiger charge is 2.18. The summed E-state index contributed by atoms with van der Waals surface area (Å²) in [4.78, 5) is 2.61. The maximum absolute atomic E-state index is 5.44. The van der Waals surface area contributed by atoms with Gasteiger partial charge in [-0.05, 0) is 52.2 Å². The first-order valence-electron chi connectivity index (χ1n) is 5.28. The molecule has 0 bridgehead atoms. The maximum Gasteiger partial charge on any atom is 0.00674 e. The molecule has 0 amide bonds. The molecule has 0 radical (unpaired) electrons. The van der Waals surface area contributed by atoms with E-state index in [1.54, 1.807) is 0 Å². The van der Waals surface area contributed by atoms with Gasteiger partial charge in [0.2, 0.25) is 0 Å². The van der Waals surface area contributed by atoms with Crippen LogP contribution in [0.25, 0.3) is 0 Å². The number of nitrogens with zero attached hydrogens (tertiary/aromatic N) is 1. The Bertz CT molecular complexity index is 114. The number of rotatable bonds is 5. The molecule has 0 aromatic carbocycles. The van der Waals surface area contributed by atoms with Crippen molar-refractivity contribution in [2.45, 2.75) is 45.1 Å². The lowest BCUT2D eigenvalue weighted by molar-refractivity contribution is 0.262. The average Bonchev–Trinajstić information content (AvgIpc) is 2.46. The molecule has 1 rings (SSSR count). The summed E-state index contributed by atoms with van der Waals surface area (Å²) in [5.41, 5.74) is 5.44. The Morgan fingerprint density at radius 2 is 2.17 bits per heavy atom. The summed E-state index contributed by atoms with van der Waals surface area (Å²) in [6, 6.07) is 0.836. The van der Waals surface area contributed by atoms with Gasteiger partial charge in [-0.25, -0.2) is 0 Å². The summed E-state index contributed by atoms with van der Waals surface area (Å²) >= 11 is 0. The third-order valence-electron chi connectivity index (χ3n) is 2.84. The maximum atomic E-state index is 5.44. The Morgan fingerprint density at radius 3 is 2.75 bits per heavy atom. The molecule has 1 fully saturated rings. The zero-order valence-electron chi connectivity index (χ0n) is 8.26. The minimum absolute atomic E-state index is 0.836. The number of unbranched alkanes of at least 4 members (excludes halogenated alkanes) is 2. The van der Waals surface area contributed by atoms with Crippen LogP contribution in [0.15, 0.2) is 0 Å². The molecule has 0 aromatic heterocycles. The van der Waals surface area contributed by atoms with E-state index in [4.69, 9.17) is 5.73 Å². The highest BCUT2D eigenvalue weighted by Crippen LogP contribution is 2.16. The Hall–Kier alpha value is -0.0800. The summed E-state index contributed by atoms with van der Waals surface area (Å²) in [5.74, 6) is 0. The standard InChI is InChI=1S/C10H22N2/c1-10-6-5-9-12(10)8-4-2-3-7-11/h10H,2-9,11H2,1H3. The van der Waals surface area contributed by atoms with Crippen molar-refractivity contribution >= 4 is 0 Å². The smallest absolute Gasteiger partial charge is 0.00674 e. The van der Waals surface area contributed by atoms with Crippen molar-refractivity contribution in [1.82, 2.24) is 4.90 Å². The largest absolute Gasteiger partial charge is 0.330 e. The van der Waals surface area contributed by atoms with Crippen molar-refractivity contribution in [3.05, 3.63) is 0 Å². The van der Waals surface area contributed by atoms with Gasteiger partial charge in [0, 0.05) is 6.04 Å². The van der Waals surface area contributed by atoms with E-state index in [1.165, 1.54) is 45.2 Å². The van der Waals surface area contributed by atoms with Gasteiger partial charge in [-0.15, -0.1) is 0 Å². The Labute approximate surface area is 76.1 Å². The lowest BCUT2D eigenvalue weighted by atomic mass is 10.2. The van der Waals surface area contributed by atoms with Gasteiger partial charge in [-0.1, -0.05) is 6.42 Å². The molecule has 1 aliphatic heterocycles. The lowest BCUT2D eigenvalue weighted by Crippen LogP contribution is -2.27. The highest BCUT2D eigenvalue weighted by molar-refractivity contribution is 4.74. The first kappa shape index (κ1) is 10.0. The van der Waals surface area contributed by atoms with Crippen molar-refractivity contribution in [2.24, 2.45) is 5.73 Å². The highest BCUT2D eigenvalue weighted by atomic mass is 15.2. The summed E-state index contributed by atoms with van der Waals surface area (Å²) in [6.07, 6.45) is 6.64. The number of nitrogens with two attached hydrogens (primary N) is 1. The second kappa shape index (κ2) is 5.55. The molecule has 0 aromatic rings. The van der Waals surface area contributed by atoms with Crippen LogP contribution in [0.3, 0.4) is 0 Å². The fourth-order valence-corrected chi connectivity index (χ4v) is 1.96. The predicted octanol–water partition coefficient (Wildman–Crippen LogP) is 1.60. The first-order chi connectivity index (χ1) is 5.84. The van der Waals surface area contributed by atoms with E-state index in [9.17, 15) is 0 Å². The third-order valence-corrected chi connectivity index (χ3v) is 2.84. The molecule has 2 nitrogen and oxygen atoms in total. The lowest BCUT2D eigenvalue weighted by Gasteiger charge is -2.20. The molecular weight excluding hydrogens is 148 g/mol. The third kappa shape index (κ3) is 3.11. The van der Waals surface area contributed by atoms with Crippen LogP contribution >= 0.6 is 0 Å². The molecule has 2 heteroatoms. The molecule has 12 heavy (non-hydrogen) atoms. The molecule has 1 heterocycles. The van der Waals surface area contributed by atoms with Crippen molar-refractivity contribution in [1.29, 1.82) is 0 Å². The van der Waals surface area contributed by atoms with E-state index >= 15 is 0 Å². The number of likely N-dealkylation sites (tertiary alicyclic amines) is 1. The summed E-state index contributed by atoms with van der Waals surface area (Å²) < 4.78 is 0. The van der Waals surface area contributed by atoms with E-state index in [1.807, 2.05) is 0 Å². The molecule has 1 aliphatic rings. The molecule has 1 saturated heterocycles. The normalized spacial score (nSPS) is 25.0. The SMILES string of the molecule is CC1CCCN1CCCCCN. The van der Waals surface area contributed by atoms with Crippen LogP contribution < -0.4 is 5.73 Å². The molecule has 0 saturated carbocycles. The predicted molar refractivity (Wildman–Crippen MR) is 53.2 cm³/mol. The second-order valence-corrected chi connectivity index (χ2v) is 3.88. The minimum Gasteiger partial charge on any atom is -0.330 e. The van der Waals surface area contributed by atoms with Gasteiger partial charge in [-0.2, -0.15) is 0 Å². The van der Waals surface area contributed by atoms with Crippen LogP contribution in [-0.4, -0.2) is 30.6 Å². The molecule has 0 aliphatic carbocycles. The van der Waals surface area contributed by atoms with E-state index in [0.29, 0.717) is 0 Å². The van der Waals surface area contributed by atoms with E-state index in [0.717, 1.165) is 12.6 Å². The quantitative estimate of drug-likeness (QED) is 0.635. The summed E-state index contributed by atoms with van der Waals surface area (Å²) in [7, 11) is 0. The molecule has 1 atom stereocenters. The van der Waals surface area contributed by atoms with Crippen molar-refractivity contribution in [3.8, 4) is 0 Å². The Kier molecular flexibility index (Phi) is 4.62.